The molecule has 0 aromatic heterocycles. The molecule has 3 aromatic carbocycles. The number of rotatable bonds is 12. The lowest BCUT2D eigenvalue weighted by Gasteiger charge is -2.33. The molecule has 0 aliphatic carbocycles. The average molecular weight is 680 g/mol. The summed E-state index contributed by atoms with van der Waals surface area (Å²) in [7, 11) is 0. The minimum Gasteiger partial charge on any atom is -0.505 e. The van der Waals surface area contributed by atoms with Crippen molar-refractivity contribution in [2.45, 2.75) is 52.1 Å². The number of aryl methyl sites for hydroxylation is 2. The van der Waals surface area contributed by atoms with E-state index in [2.05, 4.69) is 37.5 Å². The van der Waals surface area contributed by atoms with Crippen LogP contribution in [0.2, 0.25) is 0 Å². The highest BCUT2D eigenvalue weighted by Gasteiger charge is 2.22. The topological polar surface area (TPSA) is 189 Å². The van der Waals surface area contributed by atoms with Crippen molar-refractivity contribution in [1.29, 1.82) is 0 Å². The van der Waals surface area contributed by atoms with Gasteiger partial charge in [0.2, 0.25) is 0 Å². The van der Waals surface area contributed by atoms with Crippen molar-refractivity contribution in [2.24, 2.45) is 0 Å². The van der Waals surface area contributed by atoms with Crippen molar-refractivity contribution in [3.63, 3.8) is 0 Å². The average Bonchev–Trinajstić information content (AvgIpc) is 3.08. The maximum Gasteiger partial charge on any atom is 0.255 e. The van der Waals surface area contributed by atoms with E-state index in [-0.39, 0.29) is 22.9 Å². The highest BCUT2D eigenvalue weighted by atomic mass is 16.3. The first-order valence-corrected chi connectivity index (χ1v) is 16.5. The molecule has 1 fully saturated rings. The van der Waals surface area contributed by atoms with Crippen LogP contribution in [0.25, 0.3) is 0 Å². The summed E-state index contributed by atoms with van der Waals surface area (Å²) in [6, 6.07) is 17.2. The molecule has 4 rings (SSSR count). The van der Waals surface area contributed by atoms with Gasteiger partial charge in [-0.3, -0.25) is 24.3 Å². The van der Waals surface area contributed by atoms with Crippen molar-refractivity contribution in [1.82, 2.24) is 14.7 Å². The minimum atomic E-state index is -1.61. The predicted octanol–water partition coefficient (Wildman–Crippen LogP) is 1.51. The SMILES string of the molecule is Cc1cc(CN2CCCN(Cc3ccccc3)CCN(Cc3cc(C)cc(NC(=O)C(O)CO)c3O)CC2)c(O)c(NC(=O)C(O)CO)c1. The van der Waals surface area contributed by atoms with E-state index in [0.717, 1.165) is 43.7 Å². The van der Waals surface area contributed by atoms with Crippen LogP contribution in [0.5, 0.6) is 11.5 Å². The van der Waals surface area contributed by atoms with Gasteiger partial charge in [-0.2, -0.15) is 0 Å². The van der Waals surface area contributed by atoms with E-state index in [9.17, 15) is 30.0 Å². The lowest BCUT2D eigenvalue weighted by molar-refractivity contribution is -0.126. The van der Waals surface area contributed by atoms with Gasteiger partial charge in [-0.15, -0.1) is 0 Å². The quantitative estimate of drug-likeness (QED) is 0.130. The number of carbonyl (C=O) groups excluding carboxylic acids is 2. The van der Waals surface area contributed by atoms with E-state index in [1.54, 1.807) is 12.1 Å². The first-order chi connectivity index (χ1) is 23.5. The number of aromatic hydroxyl groups is 2. The number of benzene rings is 3. The fourth-order valence-corrected chi connectivity index (χ4v) is 5.95. The third-order valence-electron chi connectivity index (χ3n) is 8.58. The summed E-state index contributed by atoms with van der Waals surface area (Å²) >= 11 is 0. The van der Waals surface area contributed by atoms with Crippen molar-refractivity contribution in [2.75, 3.05) is 63.1 Å². The van der Waals surface area contributed by atoms with Crippen molar-refractivity contribution < 1.29 is 40.2 Å². The van der Waals surface area contributed by atoms with Crippen LogP contribution in [-0.2, 0) is 29.2 Å². The molecule has 2 amide bonds. The molecule has 13 heteroatoms. The van der Waals surface area contributed by atoms with Crippen LogP contribution >= 0.6 is 0 Å². The number of phenols is 2. The second-order valence-corrected chi connectivity index (χ2v) is 12.7. The molecule has 1 heterocycles. The Kier molecular flexibility index (Phi) is 13.9. The van der Waals surface area contributed by atoms with Gasteiger partial charge in [0.05, 0.1) is 24.6 Å². The zero-order chi connectivity index (χ0) is 35.5. The fraction of sp³-hybridized carbons (Fsp3) is 0.444. The largest absolute Gasteiger partial charge is 0.505 e. The number of hydrogen-bond donors (Lipinski definition) is 8. The Morgan fingerprint density at radius 2 is 1.06 bits per heavy atom. The lowest BCUT2D eigenvalue weighted by Crippen LogP contribution is -2.42. The molecular formula is C36H49N5O8. The van der Waals surface area contributed by atoms with Crippen LogP contribution in [-0.4, -0.2) is 122 Å². The van der Waals surface area contributed by atoms with E-state index in [0.29, 0.717) is 43.9 Å². The monoisotopic (exact) mass is 679 g/mol. The summed E-state index contributed by atoms with van der Waals surface area (Å²) in [4.78, 5) is 31.4. The summed E-state index contributed by atoms with van der Waals surface area (Å²) in [6.07, 6.45) is -2.34. The van der Waals surface area contributed by atoms with Crippen molar-refractivity contribution in [3.05, 3.63) is 82.4 Å². The first kappa shape index (κ1) is 37.7. The van der Waals surface area contributed by atoms with E-state index in [1.807, 2.05) is 44.2 Å². The van der Waals surface area contributed by atoms with Gasteiger partial charge in [-0.1, -0.05) is 42.5 Å². The lowest BCUT2D eigenvalue weighted by atomic mass is 10.1. The molecule has 13 nitrogen and oxygen atoms in total. The van der Waals surface area contributed by atoms with E-state index >= 15 is 0 Å². The smallest absolute Gasteiger partial charge is 0.255 e. The van der Waals surface area contributed by atoms with Gasteiger partial charge < -0.3 is 41.3 Å². The molecule has 0 bridgehead atoms. The summed E-state index contributed by atoms with van der Waals surface area (Å²) in [5.74, 6) is -1.83. The number of nitrogens with one attached hydrogen (secondary N) is 2. The van der Waals surface area contributed by atoms with Gasteiger partial charge in [0, 0.05) is 56.9 Å². The van der Waals surface area contributed by atoms with Crippen LogP contribution in [0.3, 0.4) is 0 Å². The number of phenolic OH excluding ortho intramolecular Hbond substituents is 2. The van der Waals surface area contributed by atoms with Crippen LogP contribution in [0.1, 0.15) is 34.2 Å². The normalized spacial score (nSPS) is 16.5. The van der Waals surface area contributed by atoms with Crippen LogP contribution in [0.15, 0.2) is 54.6 Å². The Balaban J connectivity index is 1.57. The van der Waals surface area contributed by atoms with Gasteiger partial charge in [-0.05, 0) is 62.2 Å². The first-order valence-electron chi connectivity index (χ1n) is 16.5. The summed E-state index contributed by atoms with van der Waals surface area (Å²) in [5, 5.41) is 65.1. The van der Waals surface area contributed by atoms with Crippen LogP contribution in [0.4, 0.5) is 11.4 Å². The van der Waals surface area contributed by atoms with E-state index in [4.69, 9.17) is 10.2 Å². The third-order valence-corrected chi connectivity index (χ3v) is 8.58. The highest BCUT2D eigenvalue weighted by molar-refractivity contribution is 5.96. The number of nitrogens with zero attached hydrogens (tertiary/aromatic N) is 3. The van der Waals surface area contributed by atoms with Crippen molar-refractivity contribution >= 4 is 23.2 Å². The molecular weight excluding hydrogens is 630 g/mol. The summed E-state index contributed by atoms with van der Waals surface area (Å²) in [6.45, 7) is 8.07. The van der Waals surface area contributed by atoms with Crippen molar-refractivity contribution in [3.8, 4) is 11.5 Å². The van der Waals surface area contributed by atoms with Gasteiger partial charge in [-0.25, -0.2) is 0 Å². The molecule has 8 N–H and O–H groups in total. The van der Waals surface area contributed by atoms with Crippen LogP contribution < -0.4 is 10.6 Å². The standard InChI is InChI=1S/C36H49N5O8/c1-24-15-27(33(46)29(17-24)37-35(48)31(44)22-42)20-40-10-6-9-39(19-26-7-4-3-5-8-26)11-13-41(14-12-40)21-28-16-25(2)18-30(34(28)47)38-36(49)32(45)23-43/h3-5,7-8,15-18,31-32,42-47H,6,9-14,19-23H2,1-2H3,(H,37,48)(H,38,49). The number of aliphatic hydroxyl groups is 4. The predicted molar refractivity (Wildman–Crippen MR) is 186 cm³/mol. The number of amides is 2. The third kappa shape index (κ3) is 11.0. The Morgan fingerprint density at radius 1 is 0.653 bits per heavy atom. The zero-order valence-corrected chi connectivity index (χ0v) is 28.2. The Labute approximate surface area is 287 Å². The van der Waals surface area contributed by atoms with Gasteiger partial charge in [0.15, 0.2) is 12.2 Å². The fourth-order valence-electron chi connectivity index (χ4n) is 5.95. The molecule has 3 aromatic rings. The highest BCUT2D eigenvalue weighted by Crippen LogP contribution is 2.32. The Bertz CT molecular complexity index is 1560. The second kappa shape index (κ2) is 18.1. The minimum absolute atomic E-state index is 0.102. The number of aliphatic hydroxyl groups excluding tert-OH is 4. The number of carbonyl (C=O) groups is 2. The molecule has 0 radical (unpaired) electrons. The number of anilines is 2. The van der Waals surface area contributed by atoms with Crippen LogP contribution in [0, 0.1) is 13.8 Å². The molecule has 1 aliphatic rings. The molecule has 266 valence electrons. The molecule has 49 heavy (non-hydrogen) atoms. The maximum atomic E-state index is 12.3. The molecule has 2 atom stereocenters. The Hall–Kier alpha value is -4.08. The van der Waals surface area contributed by atoms with Gasteiger partial charge in [0.25, 0.3) is 11.8 Å². The molecule has 2 unspecified atom stereocenters. The van der Waals surface area contributed by atoms with E-state index in [1.165, 1.54) is 5.56 Å². The molecule has 1 aliphatic heterocycles. The Morgan fingerprint density at radius 3 is 1.49 bits per heavy atom. The molecule has 0 saturated carbocycles. The second-order valence-electron chi connectivity index (χ2n) is 12.7. The van der Waals surface area contributed by atoms with Gasteiger partial charge in [0.1, 0.15) is 11.5 Å². The number of hydrogen-bond acceptors (Lipinski definition) is 11. The molecule has 1 saturated heterocycles. The zero-order valence-electron chi connectivity index (χ0n) is 28.2. The summed E-state index contributed by atoms with van der Waals surface area (Å²) in [5.41, 5.74) is 4.35. The summed E-state index contributed by atoms with van der Waals surface area (Å²) < 4.78 is 0. The molecule has 0 spiro atoms. The van der Waals surface area contributed by atoms with E-state index < -0.39 is 37.2 Å². The van der Waals surface area contributed by atoms with Gasteiger partial charge >= 0.3 is 0 Å². The maximum absolute atomic E-state index is 12.3.